The molecule has 8 heteroatoms. The van der Waals surface area contributed by atoms with E-state index in [0.717, 1.165) is 51.9 Å². The number of aromatic nitrogens is 1. The number of hydrogen-bond donors (Lipinski definition) is 1. The van der Waals surface area contributed by atoms with E-state index in [-0.39, 0.29) is 17.4 Å². The Kier molecular flexibility index (Phi) is 7.49. The summed E-state index contributed by atoms with van der Waals surface area (Å²) in [7, 11) is 0. The first-order chi connectivity index (χ1) is 20.2. The zero-order valence-electron chi connectivity index (χ0n) is 24.3. The monoisotopic (exact) mass is 582 g/mol. The van der Waals surface area contributed by atoms with Gasteiger partial charge >= 0.3 is 5.91 Å². The molecule has 0 spiro atoms. The Balaban J connectivity index is 1.45. The summed E-state index contributed by atoms with van der Waals surface area (Å²) in [5.41, 5.74) is 5.04. The van der Waals surface area contributed by atoms with Crippen LogP contribution in [0.4, 0.5) is 5.13 Å². The molecule has 3 aromatic carbocycles. The van der Waals surface area contributed by atoms with Gasteiger partial charge in [0.05, 0.1) is 28.4 Å². The maximum Gasteiger partial charge on any atom is 0.301 e. The maximum atomic E-state index is 13.7. The molecule has 2 aliphatic rings. The van der Waals surface area contributed by atoms with Crippen molar-refractivity contribution in [2.75, 3.05) is 11.5 Å². The molecule has 2 aliphatic heterocycles. The number of rotatable bonds is 8. The Labute approximate surface area is 249 Å². The van der Waals surface area contributed by atoms with Crippen LogP contribution in [0.3, 0.4) is 0 Å². The Morgan fingerprint density at radius 1 is 1.10 bits per heavy atom. The minimum atomic E-state index is -0.857. The number of ketones is 1. The Hall–Kier alpha value is -4.17. The lowest BCUT2D eigenvalue weighted by Gasteiger charge is -2.23. The summed E-state index contributed by atoms with van der Waals surface area (Å²) in [5.74, 6) is -0.185. The Morgan fingerprint density at radius 2 is 1.88 bits per heavy atom. The number of nitrogens with zero attached hydrogens (tertiary/aromatic N) is 2. The van der Waals surface area contributed by atoms with Crippen LogP contribution < -0.4 is 14.4 Å². The summed E-state index contributed by atoms with van der Waals surface area (Å²) < 4.78 is 12.7. The number of hydrogen-bond acceptors (Lipinski definition) is 7. The molecule has 0 aliphatic carbocycles. The number of fused-ring (bicyclic) bond motifs is 2. The molecule has 7 nitrogen and oxygen atoms in total. The Bertz CT molecular complexity index is 1720. The fraction of sp³-hybridized carbons (Fsp3) is 0.324. The molecule has 3 heterocycles. The van der Waals surface area contributed by atoms with Crippen molar-refractivity contribution in [1.82, 2.24) is 4.98 Å². The van der Waals surface area contributed by atoms with Crippen molar-refractivity contribution in [2.24, 2.45) is 0 Å². The average Bonchev–Trinajstić information content (AvgIpc) is 3.63. The lowest BCUT2D eigenvalue weighted by Crippen LogP contribution is -2.29. The van der Waals surface area contributed by atoms with Gasteiger partial charge in [0.25, 0.3) is 5.78 Å². The summed E-state index contributed by atoms with van der Waals surface area (Å²) in [6, 6.07) is 16.0. The first-order valence-corrected chi connectivity index (χ1v) is 15.3. The van der Waals surface area contributed by atoms with Crippen LogP contribution in [0.25, 0.3) is 16.0 Å². The van der Waals surface area contributed by atoms with E-state index in [1.807, 2.05) is 63.2 Å². The zero-order valence-corrected chi connectivity index (χ0v) is 25.1. The van der Waals surface area contributed by atoms with Gasteiger partial charge in [0.1, 0.15) is 23.4 Å². The van der Waals surface area contributed by atoms with Crippen molar-refractivity contribution in [2.45, 2.75) is 65.5 Å². The summed E-state index contributed by atoms with van der Waals surface area (Å²) in [4.78, 5) is 33.7. The minimum Gasteiger partial charge on any atom is -0.507 e. The molecule has 1 N–H and O–H groups in total. The number of aliphatic hydroxyl groups excluding tert-OH is 1. The summed E-state index contributed by atoms with van der Waals surface area (Å²) in [5, 5.41) is 12.1. The minimum absolute atomic E-state index is 0.0377. The maximum absolute atomic E-state index is 13.7. The smallest absolute Gasteiger partial charge is 0.301 e. The lowest BCUT2D eigenvalue weighted by atomic mass is 9.94. The molecule has 6 rings (SSSR count). The van der Waals surface area contributed by atoms with Crippen LogP contribution in [-0.2, 0) is 16.0 Å². The number of thiazole rings is 1. The van der Waals surface area contributed by atoms with Gasteiger partial charge in [-0.25, -0.2) is 4.98 Å². The number of Topliss-reactive ketones (excluding diaryl/α,β-unsaturated/α-hetero) is 1. The number of ether oxygens (including phenoxy) is 2. The van der Waals surface area contributed by atoms with Crippen LogP contribution in [0.15, 0.2) is 60.2 Å². The van der Waals surface area contributed by atoms with E-state index >= 15 is 0 Å². The van der Waals surface area contributed by atoms with E-state index < -0.39 is 17.7 Å². The van der Waals surface area contributed by atoms with Gasteiger partial charge in [-0.2, -0.15) is 0 Å². The van der Waals surface area contributed by atoms with Crippen molar-refractivity contribution >= 4 is 44.1 Å². The van der Waals surface area contributed by atoms with Crippen LogP contribution in [0, 0.1) is 13.8 Å². The van der Waals surface area contributed by atoms with Gasteiger partial charge in [-0.05, 0) is 85.8 Å². The van der Waals surface area contributed by atoms with Crippen molar-refractivity contribution < 1.29 is 24.2 Å². The predicted octanol–water partition coefficient (Wildman–Crippen LogP) is 7.43. The van der Waals surface area contributed by atoms with Crippen LogP contribution >= 0.6 is 11.3 Å². The van der Waals surface area contributed by atoms with Gasteiger partial charge in [0.2, 0.25) is 0 Å². The number of carbonyl (C=O) groups is 2. The molecular weight excluding hydrogens is 548 g/mol. The van der Waals surface area contributed by atoms with Crippen molar-refractivity contribution in [3.05, 3.63) is 88.0 Å². The fourth-order valence-electron chi connectivity index (χ4n) is 5.82. The number of benzene rings is 3. The van der Waals surface area contributed by atoms with Gasteiger partial charge in [0.15, 0.2) is 5.13 Å². The highest BCUT2D eigenvalue weighted by Gasteiger charge is 2.48. The van der Waals surface area contributed by atoms with Gasteiger partial charge in [-0.1, -0.05) is 49.3 Å². The number of anilines is 1. The molecular formula is C34H34N2O5S. The van der Waals surface area contributed by atoms with E-state index in [9.17, 15) is 14.7 Å². The highest BCUT2D eigenvalue weighted by Crippen LogP contribution is 2.45. The fourth-order valence-corrected chi connectivity index (χ4v) is 6.99. The van der Waals surface area contributed by atoms with E-state index in [4.69, 9.17) is 14.5 Å². The molecule has 216 valence electrons. The molecule has 0 bridgehead atoms. The van der Waals surface area contributed by atoms with E-state index in [1.165, 1.54) is 16.2 Å². The van der Waals surface area contributed by atoms with Crippen LogP contribution in [0.2, 0.25) is 0 Å². The number of aliphatic hydroxyl groups is 1. The van der Waals surface area contributed by atoms with Crippen LogP contribution in [0.1, 0.15) is 67.0 Å². The summed E-state index contributed by atoms with van der Waals surface area (Å²) in [6.07, 6.45) is 3.93. The van der Waals surface area contributed by atoms with Gasteiger partial charge in [-0.15, -0.1) is 0 Å². The first-order valence-electron chi connectivity index (χ1n) is 14.5. The number of amides is 1. The van der Waals surface area contributed by atoms with Gasteiger partial charge in [0, 0.05) is 12.0 Å². The number of carbonyl (C=O) groups excluding carboxylic acids is 2. The first kappa shape index (κ1) is 28.0. The lowest BCUT2D eigenvalue weighted by molar-refractivity contribution is -0.132. The van der Waals surface area contributed by atoms with E-state index in [0.29, 0.717) is 35.0 Å². The highest BCUT2D eigenvalue weighted by atomic mass is 32.1. The molecule has 4 aromatic rings. The SMILES string of the molecule is CCCCCOc1ccc([C@H]2C(=C(O)c3ccc4c(c3)C[C@@H](C)O4)C(=O)C(=O)N2c2nc3c(C)cc(C)cc3s2)cc1. The molecule has 0 unspecified atom stereocenters. The van der Waals surface area contributed by atoms with Crippen LogP contribution in [0.5, 0.6) is 11.5 Å². The molecule has 1 fully saturated rings. The summed E-state index contributed by atoms with van der Waals surface area (Å²) in [6.45, 7) is 8.77. The molecule has 2 atom stereocenters. The average molecular weight is 583 g/mol. The quantitative estimate of drug-likeness (QED) is 0.101. The highest BCUT2D eigenvalue weighted by molar-refractivity contribution is 7.22. The number of unbranched alkanes of at least 4 members (excludes halogenated alkanes) is 2. The molecule has 0 radical (unpaired) electrons. The second kappa shape index (κ2) is 11.2. The predicted molar refractivity (Wildman–Crippen MR) is 166 cm³/mol. The Morgan fingerprint density at radius 3 is 2.64 bits per heavy atom. The largest absolute Gasteiger partial charge is 0.507 e. The van der Waals surface area contributed by atoms with Crippen molar-refractivity contribution in [1.29, 1.82) is 0 Å². The van der Waals surface area contributed by atoms with Crippen LogP contribution in [-0.4, -0.2) is 34.5 Å². The molecule has 1 aromatic heterocycles. The van der Waals surface area contributed by atoms with Gasteiger partial charge in [-0.3, -0.25) is 14.5 Å². The third-order valence-electron chi connectivity index (χ3n) is 7.85. The van der Waals surface area contributed by atoms with Crippen molar-refractivity contribution in [3.8, 4) is 11.5 Å². The van der Waals surface area contributed by atoms with E-state index in [2.05, 4.69) is 13.0 Å². The van der Waals surface area contributed by atoms with Crippen molar-refractivity contribution in [3.63, 3.8) is 0 Å². The second-order valence-corrected chi connectivity index (χ2v) is 12.2. The zero-order chi connectivity index (χ0) is 29.5. The van der Waals surface area contributed by atoms with Gasteiger partial charge < -0.3 is 14.6 Å². The molecule has 1 saturated heterocycles. The topological polar surface area (TPSA) is 89.0 Å². The molecule has 0 saturated carbocycles. The molecule has 1 amide bonds. The second-order valence-electron chi connectivity index (χ2n) is 11.2. The number of aryl methyl sites for hydroxylation is 2. The summed E-state index contributed by atoms with van der Waals surface area (Å²) >= 11 is 1.37. The standard InChI is InChI=1S/C34H34N2O5S/c1-5-6-7-14-40-25-11-8-22(9-12-25)30-28(31(37)23-10-13-26-24(18-23)17-21(4)41-26)32(38)33(39)36(30)34-35-29-20(3)15-19(2)16-27(29)42-34/h8-13,15-16,18,21,30,37H,5-7,14,17H2,1-4H3/t21-,30+/m1/s1. The normalized spacial score (nSPS) is 19.4. The molecule has 42 heavy (non-hydrogen) atoms. The third-order valence-corrected chi connectivity index (χ3v) is 8.85. The van der Waals surface area contributed by atoms with E-state index in [1.54, 1.807) is 6.07 Å². The third kappa shape index (κ3) is 5.04.